The van der Waals surface area contributed by atoms with Gasteiger partial charge in [-0.3, -0.25) is 4.79 Å². The van der Waals surface area contributed by atoms with Crippen molar-refractivity contribution in [1.82, 2.24) is 4.90 Å². The highest BCUT2D eigenvalue weighted by Gasteiger charge is 2.25. The smallest absolute Gasteiger partial charge is 0.246 e. The van der Waals surface area contributed by atoms with Crippen LogP contribution in [-0.4, -0.2) is 29.9 Å². The van der Waals surface area contributed by atoms with Gasteiger partial charge in [0.15, 0.2) is 0 Å². The van der Waals surface area contributed by atoms with E-state index in [9.17, 15) is 4.79 Å². The molecule has 0 spiro atoms. The fraction of sp³-hybridized carbons (Fsp3) is 0.545. The summed E-state index contributed by atoms with van der Waals surface area (Å²) in [4.78, 5) is 13.5. The van der Waals surface area contributed by atoms with Crippen LogP contribution in [-0.2, 0) is 4.79 Å². The van der Waals surface area contributed by atoms with Crippen LogP contribution in [0.1, 0.15) is 19.8 Å². The van der Waals surface area contributed by atoms with Gasteiger partial charge in [-0.05, 0) is 19.8 Å². The van der Waals surface area contributed by atoms with Gasteiger partial charge in [-0.15, -0.1) is 0 Å². The highest BCUT2D eigenvalue weighted by molar-refractivity contribution is 5.88. The number of nitrogens with zero attached hydrogens (tertiary/aromatic N) is 1. The SMILES string of the molecule is C/C=C/C=C/C(=O)N1CCCC1CN. The van der Waals surface area contributed by atoms with E-state index in [1.165, 1.54) is 0 Å². The highest BCUT2D eigenvalue weighted by Crippen LogP contribution is 2.16. The van der Waals surface area contributed by atoms with Crippen LogP contribution in [0.2, 0.25) is 0 Å². The number of amides is 1. The minimum absolute atomic E-state index is 0.0797. The van der Waals surface area contributed by atoms with E-state index in [2.05, 4.69) is 0 Å². The second-order valence-corrected chi connectivity index (χ2v) is 3.45. The van der Waals surface area contributed by atoms with E-state index in [1.54, 1.807) is 12.2 Å². The average Bonchev–Trinajstić information content (AvgIpc) is 2.65. The zero-order chi connectivity index (χ0) is 10.4. The first-order valence-corrected chi connectivity index (χ1v) is 5.09. The van der Waals surface area contributed by atoms with E-state index < -0.39 is 0 Å². The topological polar surface area (TPSA) is 46.3 Å². The van der Waals surface area contributed by atoms with Crippen LogP contribution < -0.4 is 5.73 Å². The van der Waals surface area contributed by atoms with Crippen molar-refractivity contribution in [3.8, 4) is 0 Å². The molecule has 0 saturated carbocycles. The Morgan fingerprint density at radius 3 is 3.00 bits per heavy atom. The fourth-order valence-electron chi connectivity index (χ4n) is 1.72. The lowest BCUT2D eigenvalue weighted by Gasteiger charge is -2.21. The third-order valence-electron chi connectivity index (χ3n) is 2.47. The van der Waals surface area contributed by atoms with Crippen molar-refractivity contribution in [3.05, 3.63) is 24.3 Å². The number of hydrogen-bond acceptors (Lipinski definition) is 2. The minimum atomic E-state index is 0.0797. The van der Waals surface area contributed by atoms with Gasteiger partial charge in [0.1, 0.15) is 0 Å². The molecule has 0 aromatic heterocycles. The van der Waals surface area contributed by atoms with Gasteiger partial charge >= 0.3 is 0 Å². The van der Waals surface area contributed by atoms with Crippen molar-refractivity contribution >= 4 is 5.91 Å². The van der Waals surface area contributed by atoms with Crippen LogP contribution in [0.4, 0.5) is 0 Å². The van der Waals surface area contributed by atoms with Crippen molar-refractivity contribution in [2.75, 3.05) is 13.1 Å². The molecule has 1 rings (SSSR count). The van der Waals surface area contributed by atoms with Crippen LogP contribution in [0.15, 0.2) is 24.3 Å². The molecule has 2 N–H and O–H groups in total. The molecule has 14 heavy (non-hydrogen) atoms. The van der Waals surface area contributed by atoms with E-state index in [-0.39, 0.29) is 11.9 Å². The lowest BCUT2D eigenvalue weighted by atomic mass is 10.2. The molecule has 1 unspecified atom stereocenters. The molecule has 1 fully saturated rings. The zero-order valence-corrected chi connectivity index (χ0v) is 8.65. The summed E-state index contributed by atoms with van der Waals surface area (Å²) in [5.74, 6) is 0.0797. The van der Waals surface area contributed by atoms with Gasteiger partial charge in [-0.1, -0.05) is 18.2 Å². The van der Waals surface area contributed by atoms with E-state index >= 15 is 0 Å². The summed E-state index contributed by atoms with van der Waals surface area (Å²) in [6, 6.07) is 0.248. The van der Waals surface area contributed by atoms with Crippen molar-refractivity contribution < 1.29 is 4.79 Å². The Hall–Kier alpha value is -1.09. The number of likely N-dealkylation sites (tertiary alicyclic amines) is 1. The molecular formula is C11H18N2O. The first-order chi connectivity index (χ1) is 6.79. The molecule has 1 heterocycles. The Kier molecular flexibility index (Phi) is 4.40. The summed E-state index contributed by atoms with van der Waals surface area (Å²) in [6.07, 6.45) is 9.24. The molecule has 1 aliphatic rings. The van der Waals surface area contributed by atoms with Gasteiger partial charge in [0.05, 0.1) is 0 Å². The second kappa shape index (κ2) is 5.60. The molecular weight excluding hydrogens is 176 g/mol. The third-order valence-corrected chi connectivity index (χ3v) is 2.47. The predicted molar refractivity (Wildman–Crippen MR) is 57.7 cm³/mol. The second-order valence-electron chi connectivity index (χ2n) is 3.45. The molecule has 0 aliphatic carbocycles. The largest absolute Gasteiger partial charge is 0.335 e. The molecule has 0 aromatic rings. The Labute approximate surface area is 85.3 Å². The molecule has 1 atom stereocenters. The maximum absolute atomic E-state index is 11.6. The van der Waals surface area contributed by atoms with Gasteiger partial charge < -0.3 is 10.6 Å². The van der Waals surface area contributed by atoms with E-state index in [0.717, 1.165) is 19.4 Å². The maximum atomic E-state index is 11.6. The van der Waals surface area contributed by atoms with E-state index in [4.69, 9.17) is 5.73 Å². The summed E-state index contributed by atoms with van der Waals surface area (Å²) >= 11 is 0. The summed E-state index contributed by atoms with van der Waals surface area (Å²) in [6.45, 7) is 3.34. The lowest BCUT2D eigenvalue weighted by molar-refractivity contribution is -0.126. The molecule has 3 heteroatoms. The molecule has 3 nitrogen and oxygen atoms in total. The summed E-state index contributed by atoms with van der Waals surface area (Å²) < 4.78 is 0. The quantitative estimate of drug-likeness (QED) is 0.539. The zero-order valence-electron chi connectivity index (χ0n) is 8.65. The van der Waals surface area contributed by atoms with Crippen LogP contribution >= 0.6 is 0 Å². The number of hydrogen-bond donors (Lipinski definition) is 1. The van der Waals surface area contributed by atoms with Crippen LogP contribution in [0.5, 0.6) is 0 Å². The van der Waals surface area contributed by atoms with Crippen LogP contribution in [0, 0.1) is 0 Å². The molecule has 0 radical (unpaired) electrons. The first-order valence-electron chi connectivity index (χ1n) is 5.09. The highest BCUT2D eigenvalue weighted by atomic mass is 16.2. The Balaban J connectivity index is 2.51. The van der Waals surface area contributed by atoms with Crippen molar-refractivity contribution in [3.63, 3.8) is 0 Å². The summed E-state index contributed by atoms with van der Waals surface area (Å²) in [5.41, 5.74) is 5.58. The number of carbonyl (C=O) groups excluding carboxylic acids is 1. The van der Waals surface area contributed by atoms with E-state index in [0.29, 0.717) is 6.54 Å². The van der Waals surface area contributed by atoms with Gasteiger partial charge in [-0.2, -0.15) is 0 Å². The molecule has 0 aromatic carbocycles. The lowest BCUT2D eigenvalue weighted by Crippen LogP contribution is -2.38. The van der Waals surface area contributed by atoms with E-state index in [1.807, 2.05) is 24.0 Å². The average molecular weight is 194 g/mol. The maximum Gasteiger partial charge on any atom is 0.246 e. The van der Waals surface area contributed by atoms with Crippen LogP contribution in [0.3, 0.4) is 0 Å². The number of carbonyl (C=O) groups is 1. The van der Waals surface area contributed by atoms with Gasteiger partial charge in [-0.25, -0.2) is 0 Å². The van der Waals surface area contributed by atoms with Crippen molar-refractivity contribution in [2.45, 2.75) is 25.8 Å². The van der Waals surface area contributed by atoms with Crippen molar-refractivity contribution in [1.29, 1.82) is 0 Å². The normalized spacial score (nSPS) is 22.7. The molecule has 1 saturated heterocycles. The molecule has 78 valence electrons. The van der Waals surface area contributed by atoms with Crippen molar-refractivity contribution in [2.24, 2.45) is 5.73 Å². The van der Waals surface area contributed by atoms with Crippen LogP contribution in [0.25, 0.3) is 0 Å². The number of nitrogens with two attached hydrogens (primary N) is 1. The molecule has 1 aliphatic heterocycles. The third kappa shape index (κ3) is 2.70. The monoisotopic (exact) mass is 194 g/mol. The fourth-order valence-corrected chi connectivity index (χ4v) is 1.72. The van der Waals surface area contributed by atoms with Gasteiger partial charge in [0.25, 0.3) is 0 Å². The molecule has 0 bridgehead atoms. The van der Waals surface area contributed by atoms with Gasteiger partial charge in [0, 0.05) is 25.2 Å². The summed E-state index contributed by atoms with van der Waals surface area (Å²) in [5, 5.41) is 0. The minimum Gasteiger partial charge on any atom is -0.335 e. The predicted octanol–water partition coefficient (Wildman–Crippen LogP) is 1.07. The Morgan fingerprint density at radius 1 is 1.57 bits per heavy atom. The van der Waals surface area contributed by atoms with Gasteiger partial charge in [0.2, 0.25) is 5.91 Å². The number of allylic oxidation sites excluding steroid dienone is 3. The Bertz CT molecular complexity index is 246. The molecule has 1 amide bonds. The standard InChI is InChI=1S/C11H18N2O/c1-2-3-4-7-11(14)13-8-5-6-10(13)9-12/h2-4,7,10H,5-6,8-9,12H2,1H3/b3-2+,7-4+. The Morgan fingerprint density at radius 2 is 2.36 bits per heavy atom. The first kappa shape index (κ1) is 11.0. The summed E-state index contributed by atoms with van der Waals surface area (Å²) in [7, 11) is 0. The number of rotatable bonds is 3.